The fourth-order valence-electron chi connectivity index (χ4n) is 2.34. The molecule has 2 aromatic carbocycles. The summed E-state index contributed by atoms with van der Waals surface area (Å²) >= 11 is 0. The quantitative estimate of drug-likeness (QED) is 0.849. The Kier molecular flexibility index (Phi) is 5.84. The lowest BCUT2D eigenvalue weighted by Crippen LogP contribution is -2.31. The largest absolute Gasteiger partial charge is 0.329 e. The molecule has 0 amide bonds. The SMILES string of the molecule is NCCN(CCc1ccccc1)Cc1cc(F)cc(F)c1. The molecule has 0 aromatic heterocycles. The van der Waals surface area contributed by atoms with E-state index in [0.717, 1.165) is 19.0 Å². The van der Waals surface area contributed by atoms with Crippen LogP contribution in [0.1, 0.15) is 11.1 Å². The highest BCUT2D eigenvalue weighted by Crippen LogP contribution is 2.11. The van der Waals surface area contributed by atoms with E-state index < -0.39 is 11.6 Å². The molecule has 0 aliphatic heterocycles. The van der Waals surface area contributed by atoms with Crippen molar-refractivity contribution in [2.45, 2.75) is 13.0 Å². The first kappa shape index (κ1) is 15.6. The highest BCUT2D eigenvalue weighted by atomic mass is 19.1. The summed E-state index contributed by atoms with van der Waals surface area (Å²) < 4.78 is 26.5. The average molecular weight is 290 g/mol. The molecular weight excluding hydrogens is 270 g/mol. The fraction of sp³-hybridized carbons (Fsp3) is 0.294. The summed E-state index contributed by atoms with van der Waals surface area (Å²) in [4.78, 5) is 2.11. The number of nitrogens with zero attached hydrogens (tertiary/aromatic N) is 1. The summed E-state index contributed by atoms with van der Waals surface area (Å²) in [6.45, 7) is 2.52. The molecule has 2 aromatic rings. The van der Waals surface area contributed by atoms with Crippen LogP contribution < -0.4 is 5.73 Å². The maximum Gasteiger partial charge on any atom is 0.126 e. The average Bonchev–Trinajstić information content (AvgIpc) is 2.45. The number of benzene rings is 2. The smallest absolute Gasteiger partial charge is 0.126 e. The van der Waals surface area contributed by atoms with Crippen molar-refractivity contribution in [3.8, 4) is 0 Å². The van der Waals surface area contributed by atoms with Crippen molar-refractivity contribution >= 4 is 0 Å². The van der Waals surface area contributed by atoms with Gasteiger partial charge in [0.05, 0.1) is 0 Å². The van der Waals surface area contributed by atoms with E-state index in [0.29, 0.717) is 25.2 Å². The van der Waals surface area contributed by atoms with Crippen LogP contribution >= 0.6 is 0 Å². The molecule has 2 nitrogen and oxygen atoms in total. The molecule has 2 rings (SSSR count). The van der Waals surface area contributed by atoms with Gasteiger partial charge in [0.15, 0.2) is 0 Å². The van der Waals surface area contributed by atoms with Crippen LogP contribution in [0.5, 0.6) is 0 Å². The zero-order valence-corrected chi connectivity index (χ0v) is 11.9. The van der Waals surface area contributed by atoms with Crippen molar-refractivity contribution in [2.24, 2.45) is 5.73 Å². The van der Waals surface area contributed by atoms with Crippen molar-refractivity contribution in [3.63, 3.8) is 0 Å². The molecule has 0 aliphatic carbocycles. The van der Waals surface area contributed by atoms with Crippen LogP contribution in [0.15, 0.2) is 48.5 Å². The molecule has 0 saturated carbocycles. The predicted molar refractivity (Wildman–Crippen MR) is 80.8 cm³/mol. The van der Waals surface area contributed by atoms with E-state index in [1.807, 2.05) is 18.2 Å². The number of nitrogens with two attached hydrogens (primary N) is 1. The van der Waals surface area contributed by atoms with Gasteiger partial charge in [0, 0.05) is 32.2 Å². The van der Waals surface area contributed by atoms with Crippen LogP contribution in [0.2, 0.25) is 0 Å². The van der Waals surface area contributed by atoms with Gasteiger partial charge in [0.1, 0.15) is 11.6 Å². The van der Waals surface area contributed by atoms with E-state index >= 15 is 0 Å². The molecule has 0 spiro atoms. The van der Waals surface area contributed by atoms with E-state index in [1.54, 1.807) is 0 Å². The third kappa shape index (κ3) is 5.25. The first-order valence-electron chi connectivity index (χ1n) is 7.08. The Labute approximate surface area is 124 Å². The van der Waals surface area contributed by atoms with Crippen LogP contribution in [0, 0.1) is 11.6 Å². The zero-order chi connectivity index (χ0) is 15.1. The minimum atomic E-state index is -0.541. The third-order valence-corrected chi connectivity index (χ3v) is 3.33. The van der Waals surface area contributed by atoms with E-state index in [1.165, 1.54) is 17.7 Å². The van der Waals surface area contributed by atoms with Crippen molar-refractivity contribution in [3.05, 3.63) is 71.3 Å². The maximum absolute atomic E-state index is 13.2. The van der Waals surface area contributed by atoms with Gasteiger partial charge in [-0.3, -0.25) is 4.90 Å². The highest BCUT2D eigenvalue weighted by Gasteiger charge is 2.08. The van der Waals surface area contributed by atoms with Gasteiger partial charge in [-0.05, 0) is 29.7 Å². The van der Waals surface area contributed by atoms with Gasteiger partial charge < -0.3 is 5.73 Å². The standard InChI is InChI=1S/C17H20F2N2/c18-16-10-15(11-17(19)12-16)13-21(9-7-20)8-6-14-4-2-1-3-5-14/h1-5,10-12H,6-9,13,20H2. The molecule has 0 aliphatic rings. The van der Waals surface area contributed by atoms with Gasteiger partial charge in [-0.15, -0.1) is 0 Å². The molecule has 0 radical (unpaired) electrons. The summed E-state index contributed by atoms with van der Waals surface area (Å²) in [5, 5.41) is 0. The van der Waals surface area contributed by atoms with Crippen LogP contribution in [0.25, 0.3) is 0 Å². The van der Waals surface area contributed by atoms with Gasteiger partial charge in [-0.1, -0.05) is 30.3 Å². The summed E-state index contributed by atoms with van der Waals surface area (Å²) in [5.74, 6) is -1.08. The molecular formula is C17H20F2N2. The number of hydrogen-bond acceptors (Lipinski definition) is 2. The Bertz CT molecular complexity index is 538. The van der Waals surface area contributed by atoms with Crippen molar-refractivity contribution in [1.82, 2.24) is 4.90 Å². The van der Waals surface area contributed by atoms with Crippen molar-refractivity contribution in [1.29, 1.82) is 0 Å². The lowest BCUT2D eigenvalue weighted by atomic mass is 10.1. The molecule has 21 heavy (non-hydrogen) atoms. The normalized spacial score (nSPS) is 11.0. The first-order valence-corrected chi connectivity index (χ1v) is 7.08. The Balaban J connectivity index is 1.98. The van der Waals surface area contributed by atoms with E-state index in [4.69, 9.17) is 5.73 Å². The number of rotatable bonds is 7. The second-order valence-electron chi connectivity index (χ2n) is 5.08. The third-order valence-electron chi connectivity index (χ3n) is 3.33. The monoisotopic (exact) mass is 290 g/mol. The summed E-state index contributed by atoms with van der Waals surface area (Å²) in [6, 6.07) is 13.8. The Morgan fingerprint density at radius 3 is 2.14 bits per heavy atom. The van der Waals surface area contributed by atoms with Crippen LogP contribution in [0.3, 0.4) is 0 Å². The van der Waals surface area contributed by atoms with Gasteiger partial charge >= 0.3 is 0 Å². The van der Waals surface area contributed by atoms with Crippen LogP contribution in [-0.4, -0.2) is 24.5 Å². The van der Waals surface area contributed by atoms with Gasteiger partial charge in [0.25, 0.3) is 0 Å². The number of hydrogen-bond donors (Lipinski definition) is 1. The highest BCUT2D eigenvalue weighted by molar-refractivity contribution is 5.18. The van der Waals surface area contributed by atoms with Crippen LogP contribution in [-0.2, 0) is 13.0 Å². The number of halogens is 2. The topological polar surface area (TPSA) is 29.3 Å². The van der Waals surface area contributed by atoms with Gasteiger partial charge in [-0.25, -0.2) is 8.78 Å². The van der Waals surface area contributed by atoms with Crippen molar-refractivity contribution in [2.75, 3.05) is 19.6 Å². The molecule has 112 valence electrons. The van der Waals surface area contributed by atoms with E-state index in [2.05, 4.69) is 17.0 Å². The molecule has 4 heteroatoms. The molecule has 0 atom stereocenters. The molecule has 0 unspecified atom stereocenters. The molecule has 2 N–H and O–H groups in total. The second kappa shape index (κ2) is 7.86. The fourth-order valence-corrected chi connectivity index (χ4v) is 2.34. The minimum absolute atomic E-state index is 0.499. The van der Waals surface area contributed by atoms with E-state index in [9.17, 15) is 8.78 Å². The first-order chi connectivity index (χ1) is 10.2. The summed E-state index contributed by atoms with van der Waals surface area (Å²) in [5.41, 5.74) is 7.50. The summed E-state index contributed by atoms with van der Waals surface area (Å²) in [7, 11) is 0. The lowest BCUT2D eigenvalue weighted by Gasteiger charge is -2.21. The van der Waals surface area contributed by atoms with Crippen molar-refractivity contribution < 1.29 is 8.78 Å². The predicted octanol–water partition coefficient (Wildman–Crippen LogP) is 2.97. The second-order valence-corrected chi connectivity index (χ2v) is 5.08. The molecule has 0 fully saturated rings. The Morgan fingerprint density at radius 2 is 1.52 bits per heavy atom. The molecule has 0 heterocycles. The summed E-state index contributed by atoms with van der Waals surface area (Å²) in [6.07, 6.45) is 0.888. The Morgan fingerprint density at radius 1 is 0.857 bits per heavy atom. The van der Waals surface area contributed by atoms with E-state index in [-0.39, 0.29) is 0 Å². The Hall–Kier alpha value is -1.78. The molecule has 0 saturated heterocycles. The van der Waals surface area contributed by atoms with Gasteiger partial charge in [-0.2, -0.15) is 0 Å². The maximum atomic E-state index is 13.2. The zero-order valence-electron chi connectivity index (χ0n) is 11.9. The minimum Gasteiger partial charge on any atom is -0.329 e. The lowest BCUT2D eigenvalue weighted by molar-refractivity contribution is 0.275. The van der Waals surface area contributed by atoms with Crippen LogP contribution in [0.4, 0.5) is 8.78 Å². The van der Waals surface area contributed by atoms with Gasteiger partial charge in [0.2, 0.25) is 0 Å². The molecule has 0 bridgehead atoms.